The molecule has 2 heterocycles. The third-order valence-electron chi connectivity index (χ3n) is 4.03. The molecule has 2 aliphatic heterocycles. The Morgan fingerprint density at radius 2 is 2.00 bits per heavy atom. The van der Waals surface area contributed by atoms with Crippen LogP contribution in [0, 0.1) is 5.92 Å². The van der Waals surface area contributed by atoms with E-state index in [1.807, 2.05) is 18.2 Å². The van der Waals surface area contributed by atoms with Gasteiger partial charge in [0.25, 0.3) is 0 Å². The summed E-state index contributed by atoms with van der Waals surface area (Å²) in [5, 5.41) is 10.8. The number of piperidine rings is 1. The molecule has 2 fully saturated rings. The standard InChI is InChI=1S/C13H17NO/c15-13(11-4-2-1-3-5-11)7-9-14-8-6-12(13)10-14/h1-5,12,15H,6-10H2. The van der Waals surface area contributed by atoms with Crippen molar-refractivity contribution in [2.45, 2.75) is 18.4 Å². The van der Waals surface area contributed by atoms with Crippen LogP contribution in [-0.4, -0.2) is 29.6 Å². The average molecular weight is 203 g/mol. The zero-order valence-corrected chi connectivity index (χ0v) is 8.89. The Labute approximate surface area is 90.5 Å². The van der Waals surface area contributed by atoms with Gasteiger partial charge in [-0.05, 0) is 24.9 Å². The lowest BCUT2D eigenvalue weighted by atomic mass is 9.77. The molecule has 0 spiro atoms. The highest BCUT2D eigenvalue weighted by atomic mass is 16.3. The fourth-order valence-electron chi connectivity index (χ4n) is 3.07. The second-order valence-electron chi connectivity index (χ2n) is 4.83. The predicted molar refractivity (Wildman–Crippen MR) is 59.5 cm³/mol. The van der Waals surface area contributed by atoms with Crippen LogP contribution in [0.2, 0.25) is 0 Å². The molecule has 0 saturated carbocycles. The summed E-state index contributed by atoms with van der Waals surface area (Å²) in [7, 11) is 0. The fourth-order valence-corrected chi connectivity index (χ4v) is 3.07. The van der Waals surface area contributed by atoms with E-state index in [9.17, 15) is 5.11 Å². The van der Waals surface area contributed by atoms with Crippen molar-refractivity contribution < 1.29 is 5.11 Å². The lowest BCUT2D eigenvalue weighted by molar-refractivity contribution is -0.0502. The van der Waals surface area contributed by atoms with Gasteiger partial charge in [-0.2, -0.15) is 0 Å². The third-order valence-corrected chi connectivity index (χ3v) is 4.03. The molecule has 2 bridgehead atoms. The highest BCUT2D eigenvalue weighted by molar-refractivity contribution is 5.25. The van der Waals surface area contributed by atoms with Gasteiger partial charge >= 0.3 is 0 Å². The number of nitrogens with zero attached hydrogens (tertiary/aromatic N) is 1. The van der Waals surface area contributed by atoms with Crippen LogP contribution in [0.4, 0.5) is 0 Å². The second kappa shape index (κ2) is 3.32. The Hall–Kier alpha value is -0.860. The van der Waals surface area contributed by atoms with E-state index in [1.165, 1.54) is 6.54 Å². The van der Waals surface area contributed by atoms with E-state index in [-0.39, 0.29) is 0 Å². The Morgan fingerprint density at radius 1 is 1.20 bits per heavy atom. The molecule has 0 aliphatic carbocycles. The van der Waals surface area contributed by atoms with Crippen LogP contribution in [0.3, 0.4) is 0 Å². The zero-order chi connectivity index (χ0) is 10.3. The summed E-state index contributed by atoms with van der Waals surface area (Å²) in [5.74, 6) is 0.439. The number of aliphatic hydroxyl groups is 1. The molecular formula is C13H17NO. The van der Waals surface area contributed by atoms with Gasteiger partial charge in [0, 0.05) is 19.0 Å². The number of fused-ring (bicyclic) bond motifs is 2. The van der Waals surface area contributed by atoms with E-state index in [1.54, 1.807) is 0 Å². The van der Waals surface area contributed by atoms with Gasteiger partial charge in [0.1, 0.15) is 0 Å². The van der Waals surface area contributed by atoms with Gasteiger partial charge in [-0.1, -0.05) is 30.3 Å². The van der Waals surface area contributed by atoms with E-state index in [2.05, 4.69) is 17.0 Å². The van der Waals surface area contributed by atoms with Crippen LogP contribution in [0.5, 0.6) is 0 Å². The van der Waals surface area contributed by atoms with E-state index >= 15 is 0 Å². The predicted octanol–water partition coefficient (Wildman–Crippen LogP) is 1.60. The van der Waals surface area contributed by atoms with Gasteiger partial charge in [-0.3, -0.25) is 0 Å². The topological polar surface area (TPSA) is 23.5 Å². The molecule has 0 amide bonds. The molecular weight excluding hydrogens is 186 g/mol. The van der Waals surface area contributed by atoms with E-state index in [0.717, 1.165) is 31.5 Å². The van der Waals surface area contributed by atoms with Crippen LogP contribution < -0.4 is 0 Å². The fraction of sp³-hybridized carbons (Fsp3) is 0.538. The molecule has 3 unspecified atom stereocenters. The van der Waals surface area contributed by atoms with Gasteiger partial charge in [-0.25, -0.2) is 0 Å². The Kier molecular flexibility index (Phi) is 2.08. The quantitative estimate of drug-likeness (QED) is 0.749. The summed E-state index contributed by atoms with van der Waals surface area (Å²) in [6, 6.07) is 10.2. The van der Waals surface area contributed by atoms with E-state index in [0.29, 0.717) is 5.92 Å². The molecule has 15 heavy (non-hydrogen) atoms. The van der Waals surface area contributed by atoms with Crippen molar-refractivity contribution in [2.75, 3.05) is 19.6 Å². The summed E-state index contributed by atoms with van der Waals surface area (Å²) in [6.45, 7) is 3.28. The molecule has 1 N–H and O–H groups in total. The maximum atomic E-state index is 10.8. The number of benzene rings is 1. The summed E-state index contributed by atoms with van der Waals surface area (Å²) >= 11 is 0. The first-order chi connectivity index (χ1) is 7.29. The van der Waals surface area contributed by atoms with Crippen LogP contribution >= 0.6 is 0 Å². The molecule has 3 atom stereocenters. The Bertz CT molecular complexity index is 351. The maximum absolute atomic E-state index is 10.8. The van der Waals surface area contributed by atoms with Crippen LogP contribution in [-0.2, 0) is 5.60 Å². The second-order valence-corrected chi connectivity index (χ2v) is 4.83. The number of rotatable bonds is 1. The normalized spacial score (nSPS) is 39.3. The minimum atomic E-state index is -0.561. The van der Waals surface area contributed by atoms with Crippen molar-refractivity contribution in [3.8, 4) is 0 Å². The minimum Gasteiger partial charge on any atom is -0.385 e. The van der Waals surface area contributed by atoms with Crippen LogP contribution in [0.1, 0.15) is 18.4 Å². The largest absolute Gasteiger partial charge is 0.385 e. The van der Waals surface area contributed by atoms with Gasteiger partial charge < -0.3 is 10.0 Å². The van der Waals surface area contributed by atoms with Gasteiger partial charge in [-0.15, -0.1) is 0 Å². The summed E-state index contributed by atoms with van der Waals surface area (Å²) in [5.41, 5.74) is 0.547. The molecule has 2 nitrogen and oxygen atoms in total. The third kappa shape index (κ3) is 1.40. The SMILES string of the molecule is OC1(c2ccccc2)CCN2CCC1C2. The van der Waals surface area contributed by atoms with Gasteiger partial charge in [0.2, 0.25) is 0 Å². The number of hydrogen-bond donors (Lipinski definition) is 1. The van der Waals surface area contributed by atoms with E-state index < -0.39 is 5.60 Å². The highest BCUT2D eigenvalue weighted by Crippen LogP contribution is 2.42. The maximum Gasteiger partial charge on any atom is 0.0949 e. The van der Waals surface area contributed by atoms with E-state index in [4.69, 9.17) is 0 Å². The first-order valence-corrected chi connectivity index (χ1v) is 5.79. The molecule has 2 saturated heterocycles. The first-order valence-electron chi connectivity index (χ1n) is 5.79. The lowest BCUT2D eigenvalue weighted by Gasteiger charge is -2.39. The summed E-state index contributed by atoms with van der Waals surface area (Å²) in [6.07, 6.45) is 2.03. The average Bonchev–Trinajstić information content (AvgIpc) is 2.71. The smallest absolute Gasteiger partial charge is 0.0949 e. The van der Waals surface area contributed by atoms with Crippen molar-refractivity contribution in [1.29, 1.82) is 0 Å². The monoisotopic (exact) mass is 203 g/mol. The Balaban J connectivity index is 1.96. The molecule has 1 aromatic rings. The Morgan fingerprint density at radius 3 is 2.80 bits per heavy atom. The molecule has 1 aromatic carbocycles. The van der Waals surface area contributed by atoms with Crippen LogP contribution in [0.15, 0.2) is 30.3 Å². The van der Waals surface area contributed by atoms with Gasteiger partial charge in [0.05, 0.1) is 5.60 Å². The minimum absolute atomic E-state index is 0.439. The van der Waals surface area contributed by atoms with Crippen molar-refractivity contribution in [1.82, 2.24) is 4.90 Å². The molecule has 80 valence electrons. The number of hydrogen-bond acceptors (Lipinski definition) is 2. The first kappa shape index (κ1) is 9.37. The van der Waals surface area contributed by atoms with Crippen LogP contribution in [0.25, 0.3) is 0 Å². The molecule has 0 radical (unpaired) electrons. The van der Waals surface area contributed by atoms with Crippen molar-refractivity contribution in [3.63, 3.8) is 0 Å². The van der Waals surface area contributed by atoms with Crippen molar-refractivity contribution in [3.05, 3.63) is 35.9 Å². The molecule has 2 heteroatoms. The van der Waals surface area contributed by atoms with Gasteiger partial charge in [0.15, 0.2) is 0 Å². The molecule has 3 rings (SSSR count). The van der Waals surface area contributed by atoms with Crippen molar-refractivity contribution >= 4 is 0 Å². The summed E-state index contributed by atoms with van der Waals surface area (Å²) in [4.78, 5) is 2.46. The molecule has 2 aliphatic rings. The lowest BCUT2D eigenvalue weighted by Crippen LogP contribution is -2.44. The zero-order valence-electron chi connectivity index (χ0n) is 8.89. The van der Waals surface area contributed by atoms with Crippen molar-refractivity contribution in [2.24, 2.45) is 5.92 Å². The highest BCUT2D eigenvalue weighted by Gasteiger charge is 2.45. The summed E-state index contributed by atoms with van der Waals surface area (Å²) < 4.78 is 0. The molecule has 0 aromatic heterocycles.